The molecule has 3 heterocycles. The zero-order valence-electron chi connectivity index (χ0n) is 13.1. The highest BCUT2D eigenvalue weighted by Gasteiger charge is 2.59. The highest BCUT2D eigenvalue weighted by molar-refractivity contribution is 6.25. The largest absolute Gasteiger partial charge is 0.332 e. The van der Waals surface area contributed by atoms with E-state index in [1.165, 1.54) is 17.0 Å². The van der Waals surface area contributed by atoms with Gasteiger partial charge >= 0.3 is 6.03 Å². The molecule has 8 heteroatoms. The summed E-state index contributed by atoms with van der Waals surface area (Å²) in [6.45, 7) is 0.703. The molecule has 0 aromatic heterocycles. The predicted molar refractivity (Wildman–Crippen MR) is 89.3 cm³/mol. The monoisotopic (exact) mass is 338 g/mol. The topological polar surface area (TPSA) is 95.8 Å². The third kappa shape index (κ3) is 1.74. The van der Waals surface area contributed by atoms with E-state index < -0.39 is 11.0 Å². The van der Waals surface area contributed by atoms with Crippen LogP contribution in [0.15, 0.2) is 36.4 Å². The van der Waals surface area contributed by atoms with Crippen molar-refractivity contribution in [2.24, 2.45) is 0 Å². The van der Waals surface area contributed by atoms with E-state index >= 15 is 0 Å². The summed E-state index contributed by atoms with van der Waals surface area (Å²) in [4.78, 5) is 39.5. The van der Waals surface area contributed by atoms with Crippen molar-refractivity contribution in [3.63, 3.8) is 0 Å². The summed E-state index contributed by atoms with van der Waals surface area (Å²) >= 11 is 0. The number of rotatable bonds is 2. The summed E-state index contributed by atoms with van der Waals surface area (Å²) in [7, 11) is 0. The molecule has 2 aromatic carbocycles. The number of benzene rings is 2. The summed E-state index contributed by atoms with van der Waals surface area (Å²) < 4.78 is 0. The van der Waals surface area contributed by atoms with Gasteiger partial charge in [-0.15, -0.1) is 0 Å². The third-order valence-corrected chi connectivity index (χ3v) is 5.42. The summed E-state index contributed by atoms with van der Waals surface area (Å²) in [5, 5.41) is 15.5. The Kier molecular flexibility index (Phi) is 2.73. The minimum absolute atomic E-state index is 0.00392. The summed E-state index contributed by atoms with van der Waals surface area (Å²) in [5.41, 5.74) is 0.366. The molecule has 0 radical (unpaired) electrons. The molecular weight excluding hydrogens is 324 g/mol. The number of hydrogen-bond donors (Lipinski definition) is 1. The van der Waals surface area contributed by atoms with E-state index in [1.807, 2.05) is 0 Å². The fourth-order valence-electron chi connectivity index (χ4n) is 4.37. The molecule has 5 rings (SSSR count). The second kappa shape index (κ2) is 4.76. The normalized spacial score (nSPS) is 27.4. The number of urea groups is 1. The number of anilines is 1. The first kappa shape index (κ1) is 14.4. The number of nitrogens with zero attached hydrogens (tertiary/aromatic N) is 3. The number of nitro benzene ring substituents is 1. The van der Waals surface area contributed by atoms with E-state index in [4.69, 9.17) is 0 Å². The molecule has 2 bridgehead atoms. The molecule has 0 saturated carbocycles. The molecule has 126 valence electrons. The summed E-state index contributed by atoms with van der Waals surface area (Å²) in [6, 6.07) is 8.87. The van der Waals surface area contributed by atoms with Crippen molar-refractivity contribution < 1.29 is 14.5 Å². The lowest BCUT2D eigenvalue weighted by Gasteiger charge is -2.26. The molecule has 3 aliphatic rings. The van der Waals surface area contributed by atoms with Crippen LogP contribution >= 0.6 is 0 Å². The van der Waals surface area contributed by atoms with Gasteiger partial charge in [0.25, 0.3) is 11.6 Å². The van der Waals surface area contributed by atoms with Gasteiger partial charge in [-0.05, 0) is 18.6 Å². The maximum absolute atomic E-state index is 12.9. The van der Waals surface area contributed by atoms with Gasteiger partial charge in [-0.3, -0.25) is 14.9 Å². The van der Waals surface area contributed by atoms with E-state index in [0.29, 0.717) is 23.0 Å². The Bertz CT molecular complexity index is 931. The van der Waals surface area contributed by atoms with Crippen LogP contribution in [0.2, 0.25) is 0 Å². The van der Waals surface area contributed by atoms with Gasteiger partial charge in [0.1, 0.15) is 6.04 Å². The first-order valence-corrected chi connectivity index (χ1v) is 8.13. The fraction of sp³-hybridized carbons (Fsp3) is 0.294. The van der Waals surface area contributed by atoms with Gasteiger partial charge in [0.2, 0.25) is 0 Å². The standard InChI is InChI=1S/C17H14N4O4/c22-16-15-12-7-9(8-18-12)19(15)17(23)20(16)13-5-6-14(21(24)25)11-4-2-1-3-10(11)13/h1-6,9,12,15,18H,7-8H2/t9?,12?,15-/m1/s1. The third-order valence-electron chi connectivity index (χ3n) is 5.42. The smallest absolute Gasteiger partial charge is 0.309 e. The number of fused-ring (bicyclic) bond motifs is 6. The molecule has 2 unspecified atom stereocenters. The number of hydrogen-bond acceptors (Lipinski definition) is 5. The second-order valence-corrected chi connectivity index (χ2v) is 6.62. The van der Waals surface area contributed by atoms with Crippen LogP contribution in [0.3, 0.4) is 0 Å². The van der Waals surface area contributed by atoms with Crippen LogP contribution in [-0.2, 0) is 4.79 Å². The Morgan fingerprint density at radius 1 is 1.12 bits per heavy atom. The Morgan fingerprint density at radius 3 is 2.60 bits per heavy atom. The molecule has 3 atom stereocenters. The first-order chi connectivity index (χ1) is 12.1. The zero-order valence-corrected chi connectivity index (χ0v) is 13.1. The summed E-state index contributed by atoms with van der Waals surface area (Å²) in [5.74, 6) is -0.260. The Balaban J connectivity index is 1.67. The SMILES string of the molecule is O=C1[C@H]2C3CC(CN3)N2C(=O)N1c1ccc([N+](=O)[O-])c2ccccc12. The molecule has 3 saturated heterocycles. The summed E-state index contributed by atoms with van der Waals surface area (Å²) in [6.07, 6.45) is 0.803. The lowest BCUT2D eigenvalue weighted by molar-refractivity contribution is -0.383. The molecule has 3 amide bonds. The molecule has 3 aliphatic heterocycles. The van der Waals surface area contributed by atoms with Crippen molar-refractivity contribution in [3.8, 4) is 0 Å². The van der Waals surface area contributed by atoms with Crippen LogP contribution in [0.5, 0.6) is 0 Å². The van der Waals surface area contributed by atoms with Crippen molar-refractivity contribution in [1.82, 2.24) is 10.2 Å². The second-order valence-electron chi connectivity index (χ2n) is 6.62. The van der Waals surface area contributed by atoms with E-state index in [9.17, 15) is 19.7 Å². The maximum atomic E-state index is 12.9. The lowest BCUT2D eigenvalue weighted by Crippen LogP contribution is -2.51. The van der Waals surface area contributed by atoms with Crippen molar-refractivity contribution in [1.29, 1.82) is 0 Å². The zero-order chi connectivity index (χ0) is 17.3. The van der Waals surface area contributed by atoms with Gasteiger partial charge in [0.05, 0.1) is 16.0 Å². The number of nitrogens with one attached hydrogen (secondary N) is 1. The van der Waals surface area contributed by atoms with E-state index in [0.717, 1.165) is 6.42 Å². The van der Waals surface area contributed by atoms with Gasteiger partial charge in [-0.2, -0.15) is 0 Å². The van der Waals surface area contributed by atoms with Gasteiger partial charge in [0, 0.05) is 30.1 Å². The fourth-order valence-corrected chi connectivity index (χ4v) is 4.37. The molecule has 1 N–H and O–H groups in total. The molecule has 25 heavy (non-hydrogen) atoms. The number of nitro groups is 1. The van der Waals surface area contributed by atoms with Gasteiger partial charge in [-0.1, -0.05) is 18.2 Å². The average Bonchev–Trinajstić information content (AvgIpc) is 3.28. The molecule has 2 aromatic rings. The lowest BCUT2D eigenvalue weighted by atomic mass is 10.1. The van der Waals surface area contributed by atoms with E-state index in [2.05, 4.69) is 5.32 Å². The van der Waals surface area contributed by atoms with Crippen LogP contribution in [0.25, 0.3) is 10.8 Å². The number of piperazine rings is 1. The van der Waals surface area contributed by atoms with Gasteiger partial charge < -0.3 is 10.2 Å². The van der Waals surface area contributed by atoms with Crippen molar-refractivity contribution >= 4 is 34.1 Å². The Labute approximate surface area is 142 Å². The minimum Gasteiger partial charge on any atom is -0.309 e. The van der Waals surface area contributed by atoms with Crippen LogP contribution in [0.1, 0.15) is 6.42 Å². The van der Waals surface area contributed by atoms with Gasteiger partial charge in [-0.25, -0.2) is 9.69 Å². The quantitative estimate of drug-likeness (QED) is 0.510. The van der Waals surface area contributed by atoms with Crippen LogP contribution in [0.4, 0.5) is 16.2 Å². The van der Waals surface area contributed by atoms with Gasteiger partial charge in [0.15, 0.2) is 0 Å². The number of carbonyl (C=O) groups is 2. The van der Waals surface area contributed by atoms with Crippen LogP contribution in [-0.4, -0.2) is 46.4 Å². The number of non-ortho nitro benzene ring substituents is 1. The number of imide groups is 1. The van der Waals surface area contributed by atoms with Crippen LogP contribution in [0, 0.1) is 10.1 Å². The molecule has 0 aliphatic carbocycles. The van der Waals surface area contributed by atoms with Crippen molar-refractivity contribution in [2.45, 2.75) is 24.5 Å². The highest BCUT2D eigenvalue weighted by atomic mass is 16.6. The minimum atomic E-state index is -0.472. The van der Waals surface area contributed by atoms with Crippen molar-refractivity contribution in [3.05, 3.63) is 46.5 Å². The Morgan fingerprint density at radius 2 is 1.88 bits per heavy atom. The number of carbonyl (C=O) groups excluding carboxylic acids is 2. The van der Waals surface area contributed by atoms with E-state index in [-0.39, 0.29) is 29.7 Å². The van der Waals surface area contributed by atoms with E-state index in [1.54, 1.807) is 29.2 Å². The molecule has 8 nitrogen and oxygen atoms in total. The number of amides is 3. The molecule has 0 spiro atoms. The Hall–Kier alpha value is -3.00. The van der Waals surface area contributed by atoms with Crippen LogP contribution < -0.4 is 10.2 Å². The first-order valence-electron chi connectivity index (χ1n) is 8.13. The predicted octanol–water partition coefficient (Wildman–Crippen LogP) is 1.63. The molecule has 3 fully saturated rings. The maximum Gasteiger partial charge on any atom is 0.332 e. The average molecular weight is 338 g/mol. The van der Waals surface area contributed by atoms with Crippen molar-refractivity contribution in [2.75, 3.05) is 11.4 Å². The highest BCUT2D eigenvalue weighted by Crippen LogP contribution is 2.41. The molecular formula is C17H14N4O4.